The number of esters is 1. The monoisotopic (exact) mass is 370 g/mol. The third kappa shape index (κ3) is 4.49. The van der Waals surface area contributed by atoms with Crippen molar-refractivity contribution >= 4 is 23.8 Å². The van der Waals surface area contributed by atoms with E-state index in [1.165, 1.54) is 13.3 Å². The molecular weight excluding hydrogens is 356 g/mol. The van der Waals surface area contributed by atoms with Crippen LogP contribution in [0.5, 0.6) is 0 Å². The summed E-state index contributed by atoms with van der Waals surface area (Å²) >= 11 is 5.87. The van der Waals surface area contributed by atoms with Crippen molar-refractivity contribution in [3.8, 4) is 11.3 Å². The van der Waals surface area contributed by atoms with Crippen LogP contribution < -0.4 is 0 Å². The second-order valence-corrected chi connectivity index (χ2v) is 5.74. The van der Waals surface area contributed by atoms with E-state index in [0.29, 0.717) is 22.0 Å². The molecular formula is C19H15ClN2O4. The van der Waals surface area contributed by atoms with Crippen molar-refractivity contribution < 1.29 is 18.9 Å². The standard InChI is InChI=1S/C19H15ClN2O4/c1-24-19(23)15-4-2-13(3-5-15)11-21-25-12-17-10-18(22-26-17)14-6-8-16(20)9-7-14/h2-11H,12H2,1H3. The number of hydrogen-bond donors (Lipinski definition) is 0. The Morgan fingerprint density at radius 2 is 1.92 bits per heavy atom. The Balaban J connectivity index is 1.54. The van der Waals surface area contributed by atoms with Gasteiger partial charge in [-0.05, 0) is 29.8 Å². The molecule has 0 N–H and O–H groups in total. The molecule has 26 heavy (non-hydrogen) atoms. The molecule has 2 aromatic carbocycles. The molecule has 0 aliphatic rings. The van der Waals surface area contributed by atoms with Crippen LogP contribution in [0.2, 0.25) is 5.02 Å². The lowest BCUT2D eigenvalue weighted by atomic mass is 10.1. The van der Waals surface area contributed by atoms with Gasteiger partial charge in [-0.2, -0.15) is 0 Å². The van der Waals surface area contributed by atoms with E-state index >= 15 is 0 Å². The predicted octanol–water partition coefficient (Wildman–Crippen LogP) is 4.33. The number of halogens is 1. The molecule has 1 heterocycles. The first-order valence-corrected chi connectivity index (χ1v) is 8.09. The summed E-state index contributed by atoms with van der Waals surface area (Å²) in [4.78, 5) is 16.6. The first-order valence-electron chi connectivity index (χ1n) is 7.71. The van der Waals surface area contributed by atoms with Crippen molar-refractivity contribution in [1.29, 1.82) is 0 Å². The molecule has 6 nitrogen and oxygen atoms in total. The van der Waals surface area contributed by atoms with Gasteiger partial charge in [0.05, 0.1) is 18.9 Å². The summed E-state index contributed by atoms with van der Waals surface area (Å²) in [7, 11) is 1.34. The lowest BCUT2D eigenvalue weighted by Crippen LogP contribution is -2.00. The summed E-state index contributed by atoms with van der Waals surface area (Å²) < 4.78 is 9.87. The number of nitrogens with zero attached hydrogens (tertiary/aromatic N) is 2. The fourth-order valence-corrected chi connectivity index (χ4v) is 2.29. The quantitative estimate of drug-likeness (QED) is 0.367. The molecule has 0 aliphatic heterocycles. The van der Waals surface area contributed by atoms with Crippen molar-refractivity contribution in [3.63, 3.8) is 0 Å². The molecule has 132 valence electrons. The van der Waals surface area contributed by atoms with E-state index in [4.69, 9.17) is 21.0 Å². The number of aromatic nitrogens is 1. The third-order valence-electron chi connectivity index (χ3n) is 3.51. The highest BCUT2D eigenvalue weighted by Gasteiger charge is 2.07. The number of carbonyl (C=O) groups is 1. The number of carbonyl (C=O) groups excluding carboxylic acids is 1. The van der Waals surface area contributed by atoms with Gasteiger partial charge in [0.25, 0.3) is 0 Å². The molecule has 0 bridgehead atoms. The van der Waals surface area contributed by atoms with Crippen LogP contribution in [0.25, 0.3) is 11.3 Å². The van der Waals surface area contributed by atoms with Gasteiger partial charge in [0.15, 0.2) is 12.4 Å². The van der Waals surface area contributed by atoms with Crippen LogP contribution in [0.4, 0.5) is 0 Å². The Hall–Kier alpha value is -3.12. The molecule has 0 radical (unpaired) electrons. The lowest BCUT2D eigenvalue weighted by molar-refractivity contribution is 0.0600. The summed E-state index contributed by atoms with van der Waals surface area (Å²) in [6.45, 7) is 0.150. The number of rotatable bonds is 6. The predicted molar refractivity (Wildman–Crippen MR) is 97.1 cm³/mol. The number of hydrogen-bond acceptors (Lipinski definition) is 6. The van der Waals surface area contributed by atoms with Crippen molar-refractivity contribution in [2.24, 2.45) is 5.16 Å². The van der Waals surface area contributed by atoms with E-state index in [1.807, 2.05) is 12.1 Å². The van der Waals surface area contributed by atoms with Gasteiger partial charge in [0, 0.05) is 16.7 Å². The smallest absolute Gasteiger partial charge is 0.337 e. The van der Waals surface area contributed by atoms with Crippen molar-refractivity contribution in [3.05, 3.63) is 76.5 Å². The lowest BCUT2D eigenvalue weighted by Gasteiger charge is -1.99. The highest BCUT2D eigenvalue weighted by molar-refractivity contribution is 6.30. The largest absolute Gasteiger partial charge is 0.465 e. The maximum absolute atomic E-state index is 11.4. The minimum Gasteiger partial charge on any atom is -0.465 e. The molecule has 3 rings (SSSR count). The van der Waals surface area contributed by atoms with Crippen LogP contribution in [0.1, 0.15) is 21.7 Å². The van der Waals surface area contributed by atoms with E-state index in [9.17, 15) is 4.79 Å². The number of methoxy groups -OCH3 is 1. The molecule has 0 aliphatic carbocycles. The topological polar surface area (TPSA) is 73.9 Å². The summed E-state index contributed by atoms with van der Waals surface area (Å²) in [6.07, 6.45) is 1.54. The Bertz CT molecular complexity index is 902. The molecule has 0 fully saturated rings. The van der Waals surface area contributed by atoms with Crippen molar-refractivity contribution in [2.45, 2.75) is 6.61 Å². The van der Waals surface area contributed by atoms with Crippen LogP contribution in [0.3, 0.4) is 0 Å². The van der Waals surface area contributed by atoms with Gasteiger partial charge in [-0.25, -0.2) is 4.79 Å². The first-order chi connectivity index (χ1) is 12.7. The molecule has 0 atom stereocenters. The molecule has 0 saturated heterocycles. The summed E-state index contributed by atoms with van der Waals surface area (Å²) in [5.74, 6) is 0.166. The van der Waals surface area contributed by atoms with Gasteiger partial charge in [-0.15, -0.1) is 0 Å². The van der Waals surface area contributed by atoms with E-state index in [-0.39, 0.29) is 12.6 Å². The van der Waals surface area contributed by atoms with Crippen molar-refractivity contribution in [1.82, 2.24) is 5.16 Å². The second kappa shape index (κ2) is 8.31. The summed E-state index contributed by atoms with van der Waals surface area (Å²) in [5, 5.41) is 8.53. The van der Waals surface area contributed by atoms with Crippen LogP contribution in [0.15, 0.2) is 64.3 Å². The van der Waals surface area contributed by atoms with E-state index in [2.05, 4.69) is 15.0 Å². The van der Waals surface area contributed by atoms with Gasteiger partial charge in [-0.3, -0.25) is 0 Å². The van der Waals surface area contributed by atoms with Gasteiger partial charge < -0.3 is 14.1 Å². The Kier molecular flexibility index (Phi) is 5.66. The van der Waals surface area contributed by atoms with E-state index in [0.717, 1.165) is 11.1 Å². The average Bonchev–Trinajstić information content (AvgIpc) is 3.14. The minimum absolute atomic E-state index is 0.150. The zero-order valence-electron chi connectivity index (χ0n) is 13.9. The van der Waals surface area contributed by atoms with Crippen LogP contribution in [0, 0.1) is 0 Å². The highest BCUT2D eigenvalue weighted by Crippen LogP contribution is 2.21. The maximum atomic E-state index is 11.4. The Morgan fingerprint density at radius 1 is 1.19 bits per heavy atom. The minimum atomic E-state index is -0.383. The van der Waals surface area contributed by atoms with Crippen LogP contribution in [-0.2, 0) is 16.2 Å². The first kappa shape index (κ1) is 17.7. The maximum Gasteiger partial charge on any atom is 0.337 e. The van der Waals surface area contributed by atoms with Crippen molar-refractivity contribution in [2.75, 3.05) is 7.11 Å². The Labute approximate surface area is 155 Å². The Morgan fingerprint density at radius 3 is 2.62 bits per heavy atom. The summed E-state index contributed by atoms with van der Waals surface area (Å²) in [5.41, 5.74) is 2.86. The van der Waals surface area contributed by atoms with Gasteiger partial charge in [0.1, 0.15) is 5.69 Å². The summed E-state index contributed by atoms with van der Waals surface area (Å²) in [6, 6.07) is 15.9. The highest BCUT2D eigenvalue weighted by atomic mass is 35.5. The molecule has 0 spiro atoms. The zero-order chi connectivity index (χ0) is 18.4. The fourth-order valence-electron chi connectivity index (χ4n) is 2.16. The molecule has 0 saturated carbocycles. The van der Waals surface area contributed by atoms with Crippen LogP contribution in [-0.4, -0.2) is 24.5 Å². The molecule has 7 heteroatoms. The van der Waals surface area contributed by atoms with Gasteiger partial charge in [0.2, 0.25) is 0 Å². The van der Waals surface area contributed by atoms with Gasteiger partial charge in [-0.1, -0.05) is 46.2 Å². The van der Waals surface area contributed by atoms with E-state index in [1.54, 1.807) is 42.5 Å². The number of oxime groups is 1. The number of benzene rings is 2. The molecule has 0 unspecified atom stereocenters. The molecule has 1 aromatic heterocycles. The SMILES string of the molecule is COC(=O)c1ccc(C=NOCc2cc(-c3ccc(Cl)cc3)no2)cc1. The zero-order valence-corrected chi connectivity index (χ0v) is 14.6. The van der Waals surface area contributed by atoms with Gasteiger partial charge >= 0.3 is 5.97 Å². The van der Waals surface area contributed by atoms with E-state index < -0.39 is 0 Å². The second-order valence-electron chi connectivity index (χ2n) is 5.31. The molecule has 3 aromatic rings. The number of ether oxygens (including phenoxy) is 1. The average molecular weight is 371 g/mol. The fraction of sp³-hybridized carbons (Fsp3) is 0.105. The molecule has 0 amide bonds. The third-order valence-corrected chi connectivity index (χ3v) is 3.77. The normalized spacial score (nSPS) is 10.8. The van der Waals surface area contributed by atoms with Crippen LogP contribution >= 0.6 is 11.6 Å².